The molecule has 2 N–H and O–H groups in total. The molecule has 0 bridgehead atoms. The molecule has 0 spiro atoms. The van der Waals surface area contributed by atoms with Crippen LogP contribution in [0.4, 0.5) is 9.59 Å². The van der Waals surface area contributed by atoms with E-state index in [4.69, 9.17) is 0 Å². The molecule has 51 valence electrons. The highest BCUT2D eigenvalue weighted by Gasteiger charge is 2.10. The number of hydrogen-bond acceptors (Lipinski definition) is 3. The Bertz CT molecular complexity index is 134. The van der Waals surface area contributed by atoms with Crippen LogP contribution in [0.5, 0.6) is 0 Å². The summed E-state index contributed by atoms with van der Waals surface area (Å²) in [6.45, 7) is 0. The lowest BCUT2D eigenvalue weighted by molar-refractivity contribution is -0.0595. The fourth-order valence-corrected chi connectivity index (χ4v) is 0.172. The minimum absolute atomic E-state index is 0.197. The van der Waals surface area contributed by atoms with Gasteiger partial charge in [0.15, 0.2) is 0 Å². The molecule has 0 aromatic carbocycles. The average molecular weight is 133 g/mol. The molecule has 0 fully saturated rings. The number of carbonyl (C=O) groups excluding carboxylic acids is 2. The van der Waals surface area contributed by atoms with E-state index in [1.54, 1.807) is 0 Å². The average Bonchev–Trinajstić information content (AvgIpc) is 1.63. The van der Waals surface area contributed by atoms with Crippen molar-refractivity contribution in [1.29, 1.82) is 0 Å². The Morgan fingerprint density at radius 1 is 1.56 bits per heavy atom. The second-order valence-electron chi connectivity index (χ2n) is 1.17. The minimum Gasteiger partial charge on any atom is -0.333 e. The lowest BCUT2D eigenvalue weighted by Gasteiger charge is -2.06. The van der Waals surface area contributed by atoms with Crippen molar-refractivity contribution in [3.63, 3.8) is 0 Å². The van der Waals surface area contributed by atoms with Gasteiger partial charge in [0.1, 0.15) is 0 Å². The van der Waals surface area contributed by atoms with Crippen LogP contribution in [0.25, 0.3) is 0 Å². The molecular weight excluding hydrogens is 128 g/mol. The Labute approximate surface area is 50.8 Å². The number of hydrogen-bond donors (Lipinski definition) is 1. The summed E-state index contributed by atoms with van der Waals surface area (Å²) >= 11 is 0. The Hall–Kier alpha value is -1.46. The van der Waals surface area contributed by atoms with Crippen molar-refractivity contribution in [2.75, 3.05) is 7.05 Å². The van der Waals surface area contributed by atoms with Gasteiger partial charge in [0.05, 0.1) is 7.05 Å². The van der Waals surface area contributed by atoms with Gasteiger partial charge in [-0.3, -0.25) is 0 Å². The third-order valence-corrected chi connectivity index (χ3v) is 0.484. The van der Waals surface area contributed by atoms with Crippen LogP contribution < -0.4 is 5.73 Å². The smallest absolute Gasteiger partial charge is 0.333 e. The number of carbonyl (C=O) groups is 2. The summed E-state index contributed by atoms with van der Waals surface area (Å²) in [5.74, 6) is 0. The highest BCUT2D eigenvalue weighted by molar-refractivity contribution is 5.69. The zero-order valence-electron chi connectivity index (χ0n) is 4.66. The van der Waals surface area contributed by atoms with E-state index >= 15 is 0 Å². The molecule has 0 heterocycles. The van der Waals surface area contributed by atoms with Crippen molar-refractivity contribution in [2.24, 2.45) is 5.73 Å². The van der Waals surface area contributed by atoms with Crippen LogP contribution >= 0.6 is 0 Å². The highest BCUT2D eigenvalue weighted by atomic mass is 16.7. The molecule has 0 rings (SSSR count). The van der Waals surface area contributed by atoms with Gasteiger partial charge in [-0.1, -0.05) is 0 Å². The van der Waals surface area contributed by atoms with E-state index in [0.29, 0.717) is 0 Å². The largest absolute Gasteiger partial charge is 0.485 e. The summed E-state index contributed by atoms with van der Waals surface area (Å²) < 4.78 is 0. The number of amides is 2. The maximum Gasteiger partial charge on any atom is 0.485 e. The Morgan fingerprint density at radius 3 is 2.11 bits per heavy atom. The molecule has 2 amide bonds. The number of hydroxylamine groups is 2. The van der Waals surface area contributed by atoms with E-state index in [2.05, 4.69) is 10.6 Å². The molecule has 0 unspecified atom stereocenters. The molecule has 0 saturated heterocycles. The van der Waals surface area contributed by atoms with Crippen LogP contribution in [0.15, 0.2) is 0 Å². The first-order valence-corrected chi connectivity index (χ1v) is 1.96. The van der Waals surface area contributed by atoms with Crippen LogP contribution in [0.1, 0.15) is 0 Å². The van der Waals surface area contributed by atoms with Crippen molar-refractivity contribution >= 4 is 12.2 Å². The molecule has 0 aromatic heterocycles. The van der Waals surface area contributed by atoms with Crippen molar-refractivity contribution < 1.29 is 19.5 Å². The second-order valence-corrected chi connectivity index (χ2v) is 1.17. The Morgan fingerprint density at radius 2 is 2.00 bits per heavy atom. The summed E-state index contributed by atoms with van der Waals surface area (Å²) in [7, 11) is 0.986. The van der Waals surface area contributed by atoms with Crippen LogP contribution in [0.3, 0.4) is 0 Å². The predicted molar refractivity (Wildman–Crippen MR) is 24.5 cm³/mol. The molecule has 0 aliphatic heterocycles. The van der Waals surface area contributed by atoms with E-state index in [0.717, 1.165) is 7.05 Å². The van der Waals surface area contributed by atoms with Gasteiger partial charge in [0.2, 0.25) is 0 Å². The minimum atomic E-state index is -1.63. The molecule has 0 aliphatic carbocycles. The number of nitrogens with zero attached hydrogens (tertiary/aromatic N) is 1. The molecule has 0 atom stereocenters. The first-order valence-electron chi connectivity index (χ1n) is 1.96. The van der Waals surface area contributed by atoms with Crippen LogP contribution in [0, 0.1) is 0 Å². The molecule has 0 aliphatic rings. The second kappa shape index (κ2) is 2.75. The topological polar surface area (TPSA) is 92.5 Å². The van der Waals surface area contributed by atoms with E-state index in [1.165, 1.54) is 0 Å². The van der Waals surface area contributed by atoms with E-state index in [9.17, 15) is 14.7 Å². The van der Waals surface area contributed by atoms with Crippen LogP contribution in [-0.2, 0) is 9.94 Å². The molecule has 6 heteroatoms. The third kappa shape index (κ3) is 3.15. The van der Waals surface area contributed by atoms with Gasteiger partial charge in [-0.05, 0) is 0 Å². The molecule has 9 heavy (non-hydrogen) atoms. The van der Waals surface area contributed by atoms with Crippen molar-refractivity contribution in [3.05, 3.63) is 0 Å². The van der Waals surface area contributed by atoms with Crippen molar-refractivity contribution in [1.82, 2.24) is 5.06 Å². The fourth-order valence-electron chi connectivity index (χ4n) is 0.172. The number of rotatable bonds is 0. The van der Waals surface area contributed by atoms with Gasteiger partial charge in [0, 0.05) is 0 Å². The van der Waals surface area contributed by atoms with Gasteiger partial charge in [0.25, 0.3) is 0 Å². The van der Waals surface area contributed by atoms with Gasteiger partial charge in [-0.25, -0.2) is 14.7 Å². The highest BCUT2D eigenvalue weighted by Crippen LogP contribution is 1.84. The van der Waals surface area contributed by atoms with E-state index in [1.807, 2.05) is 0 Å². The quantitative estimate of drug-likeness (QED) is 0.450. The normalized spacial score (nSPS) is 8.11. The number of primary amides is 1. The SMILES string of the molecule is CN(OC(N)=O)C([O])=O. The first-order chi connectivity index (χ1) is 4.04. The fraction of sp³-hybridized carbons (Fsp3) is 0.333. The standard InChI is InChI=1S/C3H5N2O4/c1-5(3(7)8)9-2(4)6/h1H3,(H2,4,6). The molecule has 0 saturated carbocycles. The predicted octanol–water partition coefficient (Wildman–Crippen LogP) is -0.521. The van der Waals surface area contributed by atoms with Gasteiger partial charge in [-0.2, -0.15) is 0 Å². The summed E-state index contributed by atoms with van der Waals surface area (Å²) in [6.07, 6.45) is -2.82. The van der Waals surface area contributed by atoms with Gasteiger partial charge < -0.3 is 10.6 Å². The lowest BCUT2D eigenvalue weighted by Crippen LogP contribution is -2.30. The Kier molecular flexibility index (Phi) is 2.31. The van der Waals surface area contributed by atoms with E-state index in [-0.39, 0.29) is 5.06 Å². The summed E-state index contributed by atoms with van der Waals surface area (Å²) in [5, 5.41) is 9.91. The molecular formula is C3H5N2O4. The summed E-state index contributed by atoms with van der Waals surface area (Å²) in [5.41, 5.74) is 4.44. The van der Waals surface area contributed by atoms with Gasteiger partial charge in [-0.15, -0.1) is 5.06 Å². The summed E-state index contributed by atoms with van der Waals surface area (Å²) in [6, 6.07) is 0. The van der Waals surface area contributed by atoms with Crippen LogP contribution in [-0.4, -0.2) is 24.3 Å². The van der Waals surface area contributed by atoms with E-state index < -0.39 is 12.2 Å². The summed E-state index contributed by atoms with van der Waals surface area (Å²) in [4.78, 5) is 23.3. The third-order valence-electron chi connectivity index (χ3n) is 0.484. The maximum absolute atomic E-state index is 9.78. The molecule has 0 aromatic rings. The Balaban J connectivity index is 3.63. The monoisotopic (exact) mass is 133 g/mol. The first kappa shape index (κ1) is 7.54. The van der Waals surface area contributed by atoms with Crippen molar-refractivity contribution in [3.8, 4) is 0 Å². The van der Waals surface area contributed by atoms with Crippen LogP contribution in [0.2, 0.25) is 0 Å². The molecule has 6 nitrogen and oxygen atoms in total. The van der Waals surface area contributed by atoms with Gasteiger partial charge >= 0.3 is 12.2 Å². The van der Waals surface area contributed by atoms with Crippen molar-refractivity contribution in [2.45, 2.75) is 0 Å². The number of nitrogens with two attached hydrogens (primary N) is 1. The zero-order chi connectivity index (χ0) is 7.44. The zero-order valence-corrected chi connectivity index (χ0v) is 4.66. The lowest BCUT2D eigenvalue weighted by atomic mass is 11.1. The molecule has 1 radical (unpaired) electrons. The maximum atomic E-state index is 9.78.